The lowest BCUT2D eigenvalue weighted by molar-refractivity contribution is -0.163. The molecule has 4 rings (SSSR count). The lowest BCUT2D eigenvalue weighted by Crippen LogP contribution is -2.64. The average Bonchev–Trinajstić information content (AvgIpc) is 2.84. The fourth-order valence-corrected chi connectivity index (χ4v) is 4.63. The summed E-state index contributed by atoms with van der Waals surface area (Å²) in [7, 11) is 0. The van der Waals surface area contributed by atoms with E-state index in [1.165, 1.54) is 0 Å². The van der Waals surface area contributed by atoms with Gasteiger partial charge in [-0.25, -0.2) is 4.79 Å². The molecule has 0 unspecified atom stereocenters. The van der Waals surface area contributed by atoms with E-state index in [9.17, 15) is 9.59 Å². The van der Waals surface area contributed by atoms with E-state index in [0.717, 1.165) is 16.7 Å². The fourth-order valence-electron chi connectivity index (χ4n) is 4.63. The van der Waals surface area contributed by atoms with Crippen LogP contribution in [0.2, 0.25) is 0 Å². The number of rotatable bonds is 7. The van der Waals surface area contributed by atoms with Gasteiger partial charge in [0.05, 0.1) is 18.0 Å². The second kappa shape index (κ2) is 10.1. The van der Waals surface area contributed by atoms with Crippen LogP contribution in [0, 0.1) is 11.3 Å². The van der Waals surface area contributed by atoms with E-state index in [1.54, 1.807) is 0 Å². The van der Waals surface area contributed by atoms with Crippen molar-refractivity contribution in [3.05, 3.63) is 108 Å². The van der Waals surface area contributed by atoms with Crippen LogP contribution in [0.25, 0.3) is 0 Å². The Morgan fingerprint density at radius 1 is 0.882 bits per heavy atom. The van der Waals surface area contributed by atoms with Gasteiger partial charge < -0.3 is 15.0 Å². The minimum atomic E-state index is -0.509. The molecule has 3 atom stereocenters. The summed E-state index contributed by atoms with van der Waals surface area (Å²) in [6.07, 6.45) is -0.509. The largest absolute Gasteiger partial charge is 0.445 e. The van der Waals surface area contributed by atoms with Gasteiger partial charge in [-0.1, -0.05) is 112 Å². The first kappa shape index (κ1) is 23.6. The lowest BCUT2D eigenvalue weighted by atomic mass is 9.69. The molecule has 1 aliphatic rings. The molecule has 0 aromatic heterocycles. The predicted octanol–water partition coefficient (Wildman–Crippen LogP) is 5.73. The molecule has 0 aliphatic carbocycles. The van der Waals surface area contributed by atoms with Crippen molar-refractivity contribution in [3.8, 4) is 0 Å². The van der Waals surface area contributed by atoms with Gasteiger partial charge in [-0.3, -0.25) is 4.79 Å². The van der Waals surface area contributed by atoms with Gasteiger partial charge in [-0.2, -0.15) is 0 Å². The van der Waals surface area contributed by atoms with Crippen LogP contribution in [0.1, 0.15) is 43.5 Å². The quantitative estimate of drug-likeness (QED) is 0.462. The molecule has 1 saturated heterocycles. The molecular formula is C29H32N2O3. The zero-order valence-electron chi connectivity index (χ0n) is 20.0. The number of hydrogen-bond donors (Lipinski definition) is 1. The molecule has 1 aliphatic heterocycles. The molecule has 2 amide bonds. The standard InChI is InChI=1S/C29H32N2O3/c1-29(2,3)26(30-28(33)34-20-22-15-9-5-10-16-22)24-25(23-17-11-6-12-18-23)31(27(24)32)19-21-13-7-4-8-14-21/h4-18,24-26H,19-20H2,1-3H3,(H,30,33)/t24-,25+,26-/m1/s1. The first-order valence-electron chi connectivity index (χ1n) is 11.7. The van der Waals surface area contributed by atoms with Crippen molar-refractivity contribution in [3.63, 3.8) is 0 Å². The van der Waals surface area contributed by atoms with E-state index < -0.39 is 6.09 Å². The minimum absolute atomic E-state index is 0.0426. The fraction of sp³-hybridized carbons (Fsp3) is 0.310. The van der Waals surface area contributed by atoms with Crippen molar-refractivity contribution in [1.82, 2.24) is 10.2 Å². The molecule has 0 bridgehead atoms. The number of β-lactam (4-membered cyclic amide) rings is 1. The molecule has 3 aromatic carbocycles. The number of likely N-dealkylation sites (tertiary alicyclic amines) is 1. The highest BCUT2D eigenvalue weighted by Crippen LogP contribution is 2.46. The first-order valence-corrected chi connectivity index (χ1v) is 11.7. The highest BCUT2D eigenvalue weighted by atomic mass is 16.5. The van der Waals surface area contributed by atoms with Gasteiger partial charge >= 0.3 is 6.09 Å². The third-order valence-corrected chi connectivity index (χ3v) is 6.36. The molecular weight excluding hydrogens is 424 g/mol. The molecule has 1 fully saturated rings. The molecule has 5 heteroatoms. The third-order valence-electron chi connectivity index (χ3n) is 6.36. The molecule has 1 heterocycles. The SMILES string of the molecule is CC(C)(C)[C@H](NC(=O)OCc1ccccc1)[C@@H]1C(=O)N(Cc2ccccc2)[C@H]1c1ccccc1. The highest BCUT2D eigenvalue weighted by molar-refractivity contribution is 5.88. The number of alkyl carbamates (subject to hydrolysis) is 1. The van der Waals surface area contributed by atoms with Crippen molar-refractivity contribution in [2.45, 2.75) is 46.0 Å². The number of hydrogen-bond acceptors (Lipinski definition) is 3. The number of nitrogens with one attached hydrogen (secondary N) is 1. The summed E-state index contributed by atoms with van der Waals surface area (Å²) >= 11 is 0. The molecule has 1 N–H and O–H groups in total. The van der Waals surface area contributed by atoms with Gasteiger partial charge in [-0.15, -0.1) is 0 Å². The molecule has 5 nitrogen and oxygen atoms in total. The maximum atomic E-state index is 13.5. The number of nitrogens with zero attached hydrogens (tertiary/aromatic N) is 1. The molecule has 176 valence electrons. The summed E-state index contributed by atoms with van der Waals surface area (Å²) in [5, 5.41) is 3.04. The van der Waals surface area contributed by atoms with Gasteiger partial charge in [-0.05, 0) is 22.1 Å². The smallest absolute Gasteiger partial charge is 0.407 e. The predicted molar refractivity (Wildman–Crippen MR) is 133 cm³/mol. The minimum Gasteiger partial charge on any atom is -0.445 e. The molecule has 0 radical (unpaired) electrons. The van der Waals surface area contributed by atoms with Gasteiger partial charge in [0.1, 0.15) is 6.61 Å². The summed E-state index contributed by atoms with van der Waals surface area (Å²) in [6.45, 7) is 6.86. The molecule has 0 spiro atoms. The van der Waals surface area contributed by atoms with Gasteiger partial charge in [0.15, 0.2) is 0 Å². The zero-order valence-corrected chi connectivity index (χ0v) is 20.0. The third kappa shape index (κ3) is 5.30. The van der Waals surface area contributed by atoms with Crippen molar-refractivity contribution in [1.29, 1.82) is 0 Å². The van der Waals surface area contributed by atoms with Gasteiger partial charge in [0, 0.05) is 6.54 Å². The van der Waals surface area contributed by atoms with E-state index in [2.05, 4.69) is 17.4 Å². The van der Waals surface area contributed by atoms with Crippen LogP contribution in [0.15, 0.2) is 91.0 Å². The van der Waals surface area contributed by atoms with Crippen LogP contribution < -0.4 is 5.32 Å². The summed E-state index contributed by atoms with van der Waals surface area (Å²) < 4.78 is 5.50. The second-order valence-electron chi connectivity index (χ2n) is 9.88. The Kier molecular flexibility index (Phi) is 7.01. The van der Waals surface area contributed by atoms with Crippen LogP contribution in [0.5, 0.6) is 0 Å². The van der Waals surface area contributed by atoms with E-state index in [0.29, 0.717) is 6.54 Å². The second-order valence-corrected chi connectivity index (χ2v) is 9.88. The average molecular weight is 457 g/mol. The van der Waals surface area contributed by atoms with E-state index in [1.807, 2.05) is 105 Å². The Morgan fingerprint density at radius 2 is 1.41 bits per heavy atom. The number of ether oxygens (including phenoxy) is 1. The Balaban J connectivity index is 1.55. The zero-order chi connectivity index (χ0) is 24.1. The van der Waals surface area contributed by atoms with E-state index >= 15 is 0 Å². The Labute approximate surface area is 201 Å². The molecule has 0 saturated carbocycles. The summed E-state index contributed by atoms with van der Waals surface area (Å²) in [5.74, 6) is -0.337. The molecule has 34 heavy (non-hydrogen) atoms. The number of benzene rings is 3. The topological polar surface area (TPSA) is 58.6 Å². The number of amides is 2. The van der Waals surface area contributed by atoms with Crippen molar-refractivity contribution < 1.29 is 14.3 Å². The lowest BCUT2D eigenvalue weighted by Gasteiger charge is -2.53. The normalized spacial score (nSPS) is 18.7. The van der Waals surface area contributed by atoms with Crippen molar-refractivity contribution in [2.24, 2.45) is 11.3 Å². The van der Waals surface area contributed by atoms with Gasteiger partial charge in [0.2, 0.25) is 5.91 Å². The number of carbonyl (C=O) groups is 2. The van der Waals surface area contributed by atoms with Crippen LogP contribution in [-0.2, 0) is 22.7 Å². The van der Waals surface area contributed by atoms with Gasteiger partial charge in [0.25, 0.3) is 0 Å². The highest BCUT2D eigenvalue weighted by Gasteiger charge is 2.54. The van der Waals surface area contributed by atoms with Crippen LogP contribution >= 0.6 is 0 Å². The Morgan fingerprint density at radius 3 is 1.97 bits per heavy atom. The van der Waals surface area contributed by atoms with E-state index in [-0.39, 0.29) is 35.9 Å². The van der Waals surface area contributed by atoms with Crippen LogP contribution in [0.4, 0.5) is 4.79 Å². The van der Waals surface area contributed by atoms with Crippen molar-refractivity contribution >= 4 is 12.0 Å². The van der Waals surface area contributed by atoms with Crippen LogP contribution in [-0.4, -0.2) is 22.9 Å². The maximum Gasteiger partial charge on any atom is 0.407 e. The summed E-state index contributed by atoms with van der Waals surface area (Å²) in [5.41, 5.74) is 2.72. The maximum absolute atomic E-state index is 13.5. The monoisotopic (exact) mass is 456 g/mol. The first-order chi connectivity index (χ1) is 16.3. The number of carbonyl (C=O) groups excluding carboxylic acids is 2. The van der Waals surface area contributed by atoms with Crippen LogP contribution in [0.3, 0.4) is 0 Å². The Hall–Kier alpha value is -3.60. The van der Waals surface area contributed by atoms with E-state index in [4.69, 9.17) is 4.74 Å². The summed E-state index contributed by atoms with van der Waals surface area (Å²) in [6, 6.07) is 29.1. The molecule has 3 aromatic rings. The summed E-state index contributed by atoms with van der Waals surface area (Å²) in [4.78, 5) is 28.2. The Bertz CT molecular complexity index is 1090. The van der Waals surface area contributed by atoms with Crippen molar-refractivity contribution in [2.75, 3.05) is 0 Å².